The van der Waals surface area contributed by atoms with Gasteiger partial charge in [-0.15, -0.1) is 10.2 Å². The highest BCUT2D eigenvalue weighted by atomic mass is 15.3. The molecule has 0 aliphatic heterocycles. The zero-order valence-electron chi connectivity index (χ0n) is 12.7. The minimum atomic E-state index is -0.0124. The molecule has 0 saturated carbocycles. The Morgan fingerprint density at radius 2 is 1.47 bits per heavy atom. The summed E-state index contributed by atoms with van der Waals surface area (Å²) in [5.41, 5.74) is 2.61. The lowest BCUT2D eigenvalue weighted by atomic mass is 9.86. The van der Waals surface area contributed by atoms with Crippen molar-refractivity contribution in [2.45, 2.75) is 52.5 Å². The van der Waals surface area contributed by atoms with Crippen molar-refractivity contribution < 1.29 is 0 Å². The summed E-state index contributed by atoms with van der Waals surface area (Å²) in [7, 11) is 0. The van der Waals surface area contributed by atoms with Gasteiger partial charge in [0.2, 0.25) is 0 Å². The van der Waals surface area contributed by atoms with Gasteiger partial charge < -0.3 is 4.57 Å². The second kappa shape index (κ2) is 4.48. The molecule has 0 radical (unpaired) electrons. The molecule has 0 atom stereocenters. The lowest BCUT2D eigenvalue weighted by Gasteiger charge is -2.23. The van der Waals surface area contributed by atoms with Crippen molar-refractivity contribution in [3.8, 4) is 11.4 Å². The van der Waals surface area contributed by atoms with Gasteiger partial charge in [0.15, 0.2) is 5.82 Å². The first-order chi connectivity index (χ1) is 8.69. The second-order valence-corrected chi connectivity index (χ2v) is 7.02. The number of hydrogen-bond acceptors (Lipinski definition) is 2. The molecule has 0 N–H and O–H groups in total. The van der Waals surface area contributed by atoms with Crippen molar-refractivity contribution in [2.75, 3.05) is 0 Å². The summed E-state index contributed by atoms with van der Waals surface area (Å²) < 4.78 is 2.11. The van der Waals surface area contributed by atoms with Crippen molar-refractivity contribution in [3.05, 3.63) is 36.2 Å². The summed E-state index contributed by atoms with van der Waals surface area (Å²) in [6, 6.07) is 8.62. The van der Waals surface area contributed by atoms with Crippen LogP contribution in [0.3, 0.4) is 0 Å². The van der Waals surface area contributed by atoms with Gasteiger partial charge >= 0.3 is 0 Å². The van der Waals surface area contributed by atoms with E-state index in [0.717, 1.165) is 11.4 Å². The Morgan fingerprint density at radius 1 is 0.895 bits per heavy atom. The molecule has 0 spiro atoms. The van der Waals surface area contributed by atoms with Crippen LogP contribution in [0, 0.1) is 0 Å². The number of benzene rings is 1. The molecule has 3 heteroatoms. The summed E-state index contributed by atoms with van der Waals surface area (Å²) in [4.78, 5) is 0. The highest BCUT2D eigenvalue weighted by Crippen LogP contribution is 2.27. The molecular formula is C16H23N3. The van der Waals surface area contributed by atoms with E-state index < -0.39 is 0 Å². The molecule has 19 heavy (non-hydrogen) atoms. The summed E-state index contributed by atoms with van der Waals surface area (Å²) in [5, 5.41) is 8.31. The van der Waals surface area contributed by atoms with Crippen molar-refractivity contribution in [3.63, 3.8) is 0 Å². The molecule has 1 aromatic heterocycles. The molecule has 0 aliphatic carbocycles. The van der Waals surface area contributed by atoms with Crippen LogP contribution in [-0.2, 0) is 11.0 Å². The fourth-order valence-electron chi connectivity index (χ4n) is 2.04. The van der Waals surface area contributed by atoms with Gasteiger partial charge in [0.25, 0.3) is 0 Å². The third-order valence-corrected chi connectivity index (χ3v) is 3.28. The van der Waals surface area contributed by atoms with E-state index in [9.17, 15) is 0 Å². The van der Waals surface area contributed by atoms with E-state index in [-0.39, 0.29) is 11.0 Å². The van der Waals surface area contributed by atoms with E-state index in [1.807, 2.05) is 0 Å². The first-order valence-corrected chi connectivity index (χ1v) is 6.71. The standard InChI is InChI=1S/C16H23N3/c1-15(2,3)13-9-7-12(8-10-13)14-18-17-11-19(14)16(4,5)6/h7-11H,1-6H3. The average Bonchev–Trinajstić information content (AvgIpc) is 2.76. The van der Waals surface area contributed by atoms with E-state index in [4.69, 9.17) is 0 Å². The predicted octanol–water partition coefficient (Wildman–Crippen LogP) is 4.00. The van der Waals surface area contributed by atoms with Crippen LogP contribution in [0.15, 0.2) is 30.6 Å². The highest BCUT2D eigenvalue weighted by Gasteiger charge is 2.19. The smallest absolute Gasteiger partial charge is 0.164 e. The summed E-state index contributed by atoms with van der Waals surface area (Å²) in [6.45, 7) is 13.1. The molecule has 2 rings (SSSR count). The van der Waals surface area contributed by atoms with Crippen molar-refractivity contribution in [2.24, 2.45) is 0 Å². The average molecular weight is 257 g/mol. The summed E-state index contributed by atoms with van der Waals surface area (Å²) in [6.07, 6.45) is 1.80. The molecular weight excluding hydrogens is 234 g/mol. The van der Waals surface area contributed by atoms with Crippen LogP contribution in [-0.4, -0.2) is 14.8 Å². The number of rotatable bonds is 1. The maximum absolute atomic E-state index is 4.26. The van der Waals surface area contributed by atoms with E-state index in [0.29, 0.717) is 0 Å². The van der Waals surface area contributed by atoms with Gasteiger partial charge in [-0.2, -0.15) is 0 Å². The molecule has 0 aliphatic rings. The van der Waals surface area contributed by atoms with Crippen LogP contribution in [0.2, 0.25) is 0 Å². The molecule has 0 fully saturated rings. The Bertz CT molecular complexity index is 551. The van der Waals surface area contributed by atoms with Crippen LogP contribution >= 0.6 is 0 Å². The molecule has 2 aromatic rings. The molecule has 0 unspecified atom stereocenters. The van der Waals surface area contributed by atoms with Gasteiger partial charge in [-0.3, -0.25) is 0 Å². The van der Waals surface area contributed by atoms with Gasteiger partial charge in [0, 0.05) is 11.1 Å². The van der Waals surface area contributed by atoms with Gasteiger partial charge in [-0.1, -0.05) is 45.0 Å². The minimum Gasteiger partial charge on any atom is -0.308 e. The largest absolute Gasteiger partial charge is 0.308 e. The maximum Gasteiger partial charge on any atom is 0.164 e. The van der Waals surface area contributed by atoms with E-state index >= 15 is 0 Å². The molecule has 0 saturated heterocycles. The Hall–Kier alpha value is -1.64. The Morgan fingerprint density at radius 3 is 1.95 bits per heavy atom. The van der Waals surface area contributed by atoms with Gasteiger partial charge in [-0.25, -0.2) is 0 Å². The first kappa shape index (κ1) is 13.8. The lowest BCUT2D eigenvalue weighted by Crippen LogP contribution is -2.21. The summed E-state index contributed by atoms with van der Waals surface area (Å²) >= 11 is 0. The van der Waals surface area contributed by atoms with Gasteiger partial charge in [0.05, 0.1) is 0 Å². The van der Waals surface area contributed by atoms with Gasteiger partial charge in [0.1, 0.15) is 6.33 Å². The van der Waals surface area contributed by atoms with Crippen LogP contribution in [0.25, 0.3) is 11.4 Å². The quantitative estimate of drug-likeness (QED) is 0.773. The third-order valence-electron chi connectivity index (χ3n) is 3.28. The second-order valence-electron chi connectivity index (χ2n) is 7.02. The zero-order valence-corrected chi connectivity index (χ0v) is 12.7. The maximum atomic E-state index is 4.26. The Balaban J connectivity index is 2.42. The molecule has 1 heterocycles. The Kier molecular flexibility index (Phi) is 3.25. The van der Waals surface area contributed by atoms with Crippen LogP contribution in [0.5, 0.6) is 0 Å². The lowest BCUT2D eigenvalue weighted by molar-refractivity contribution is 0.400. The number of aromatic nitrogens is 3. The minimum absolute atomic E-state index is 0.0124. The third kappa shape index (κ3) is 2.86. The molecule has 102 valence electrons. The fourth-order valence-corrected chi connectivity index (χ4v) is 2.04. The monoisotopic (exact) mass is 257 g/mol. The van der Waals surface area contributed by atoms with Gasteiger partial charge in [-0.05, 0) is 31.7 Å². The number of nitrogens with zero attached hydrogens (tertiary/aromatic N) is 3. The zero-order chi connectivity index (χ0) is 14.3. The van der Waals surface area contributed by atoms with E-state index in [1.165, 1.54) is 5.56 Å². The van der Waals surface area contributed by atoms with Crippen molar-refractivity contribution in [1.29, 1.82) is 0 Å². The highest BCUT2D eigenvalue weighted by molar-refractivity contribution is 5.56. The van der Waals surface area contributed by atoms with E-state index in [2.05, 4.69) is 80.6 Å². The SMILES string of the molecule is CC(C)(C)c1ccc(-c2nncn2C(C)(C)C)cc1. The van der Waals surface area contributed by atoms with Crippen LogP contribution in [0.1, 0.15) is 47.1 Å². The van der Waals surface area contributed by atoms with E-state index in [1.54, 1.807) is 6.33 Å². The summed E-state index contributed by atoms with van der Waals surface area (Å²) in [5.74, 6) is 0.924. The van der Waals surface area contributed by atoms with Crippen molar-refractivity contribution >= 4 is 0 Å². The van der Waals surface area contributed by atoms with Crippen LogP contribution < -0.4 is 0 Å². The molecule has 1 aromatic carbocycles. The van der Waals surface area contributed by atoms with Crippen molar-refractivity contribution in [1.82, 2.24) is 14.8 Å². The molecule has 0 bridgehead atoms. The normalized spacial score (nSPS) is 12.7. The fraction of sp³-hybridized carbons (Fsp3) is 0.500. The number of hydrogen-bond donors (Lipinski definition) is 0. The van der Waals surface area contributed by atoms with Crippen LogP contribution in [0.4, 0.5) is 0 Å². The Labute approximate surface area is 115 Å². The topological polar surface area (TPSA) is 30.7 Å². The molecule has 0 amide bonds. The predicted molar refractivity (Wildman–Crippen MR) is 79.2 cm³/mol. The molecule has 3 nitrogen and oxygen atoms in total. The first-order valence-electron chi connectivity index (χ1n) is 6.71.